The van der Waals surface area contributed by atoms with Crippen LogP contribution in [0.2, 0.25) is 0 Å². The monoisotopic (exact) mass is 373 g/mol. The first-order valence-electron chi connectivity index (χ1n) is 5.87. The highest BCUT2D eigenvalue weighted by Crippen LogP contribution is 2.20. The topological polar surface area (TPSA) is 96.6 Å². The molecule has 0 aliphatic carbocycles. The summed E-state index contributed by atoms with van der Waals surface area (Å²) in [4.78, 5) is 10.8. The summed E-state index contributed by atoms with van der Waals surface area (Å²) in [6.45, 7) is 1.57. The van der Waals surface area contributed by atoms with Crippen LogP contribution in [0.4, 0.5) is 0 Å². The minimum absolute atomic E-state index is 0.123. The summed E-state index contributed by atoms with van der Waals surface area (Å²) in [6, 6.07) is 7.63. The molecule has 1 heterocycles. The Labute approximate surface area is 130 Å². The number of carbonyl (C=O) groups is 1. The third-order valence-corrected chi connectivity index (χ3v) is 4.79. The van der Waals surface area contributed by atoms with Crippen LogP contribution in [0.15, 0.2) is 44.1 Å². The molecule has 0 amide bonds. The van der Waals surface area contributed by atoms with Crippen LogP contribution in [-0.2, 0) is 16.6 Å². The molecule has 112 valence electrons. The van der Waals surface area contributed by atoms with Gasteiger partial charge in [-0.25, -0.2) is 17.9 Å². The number of sulfonamides is 1. The van der Waals surface area contributed by atoms with Gasteiger partial charge in [-0.05, 0) is 36.8 Å². The average molecular weight is 374 g/mol. The maximum absolute atomic E-state index is 12.2. The third kappa shape index (κ3) is 3.72. The number of hydrogen-bond acceptors (Lipinski definition) is 4. The van der Waals surface area contributed by atoms with Gasteiger partial charge >= 0.3 is 5.97 Å². The molecule has 0 bridgehead atoms. The predicted octanol–water partition coefficient (Wildman–Crippen LogP) is 2.53. The van der Waals surface area contributed by atoms with Crippen LogP contribution < -0.4 is 4.72 Å². The minimum atomic E-state index is -3.71. The van der Waals surface area contributed by atoms with Gasteiger partial charge in [0.25, 0.3) is 0 Å². The van der Waals surface area contributed by atoms with Crippen molar-refractivity contribution in [2.45, 2.75) is 18.4 Å². The summed E-state index contributed by atoms with van der Waals surface area (Å²) in [7, 11) is -3.71. The number of aryl methyl sites for hydroxylation is 1. The lowest BCUT2D eigenvalue weighted by Gasteiger charge is -2.08. The number of nitrogens with one attached hydrogen (secondary N) is 1. The molecule has 0 saturated carbocycles. The van der Waals surface area contributed by atoms with Crippen molar-refractivity contribution in [2.75, 3.05) is 0 Å². The highest BCUT2D eigenvalue weighted by atomic mass is 79.9. The van der Waals surface area contributed by atoms with Crippen molar-refractivity contribution >= 4 is 31.9 Å². The Morgan fingerprint density at radius 2 is 2.05 bits per heavy atom. The van der Waals surface area contributed by atoms with E-state index in [1.165, 1.54) is 18.2 Å². The molecule has 1 aromatic heterocycles. The summed E-state index contributed by atoms with van der Waals surface area (Å²) in [5.41, 5.74) is 0.608. The molecule has 0 radical (unpaired) electrons. The lowest BCUT2D eigenvalue weighted by Crippen LogP contribution is -2.23. The Kier molecular flexibility index (Phi) is 4.50. The smallest absolute Gasteiger partial charge is 0.371 e. The Bertz CT molecular complexity index is 782. The van der Waals surface area contributed by atoms with Crippen molar-refractivity contribution in [3.05, 3.63) is 51.9 Å². The van der Waals surface area contributed by atoms with E-state index in [0.717, 1.165) is 0 Å². The van der Waals surface area contributed by atoms with Crippen LogP contribution in [0.5, 0.6) is 0 Å². The first-order chi connectivity index (χ1) is 9.79. The maximum atomic E-state index is 12.2. The van der Waals surface area contributed by atoms with Crippen molar-refractivity contribution in [1.82, 2.24) is 4.72 Å². The minimum Gasteiger partial charge on any atom is -0.475 e. The van der Waals surface area contributed by atoms with E-state index in [1.807, 2.05) is 0 Å². The van der Waals surface area contributed by atoms with Gasteiger partial charge in [-0.3, -0.25) is 0 Å². The fraction of sp³-hybridized carbons (Fsp3) is 0.154. The Balaban J connectivity index is 2.17. The van der Waals surface area contributed by atoms with E-state index in [1.54, 1.807) is 19.1 Å². The highest BCUT2D eigenvalue weighted by molar-refractivity contribution is 9.10. The number of rotatable bonds is 5. The number of carboxylic acids is 1. The van der Waals surface area contributed by atoms with Gasteiger partial charge in [0.2, 0.25) is 15.8 Å². The number of hydrogen-bond donors (Lipinski definition) is 2. The van der Waals surface area contributed by atoms with Gasteiger partial charge in [0.05, 0.1) is 11.4 Å². The SMILES string of the molecule is Cc1ccc(Br)cc1S(=O)(=O)NCc1ccc(C(=O)O)o1. The van der Waals surface area contributed by atoms with Crippen molar-refractivity contribution in [3.8, 4) is 0 Å². The zero-order valence-corrected chi connectivity index (χ0v) is 13.4. The zero-order valence-electron chi connectivity index (χ0n) is 11.0. The van der Waals surface area contributed by atoms with E-state index in [0.29, 0.717) is 10.0 Å². The summed E-state index contributed by atoms with van der Waals surface area (Å²) >= 11 is 3.23. The molecule has 2 rings (SSSR count). The molecule has 0 atom stereocenters. The number of benzene rings is 1. The summed E-state index contributed by atoms with van der Waals surface area (Å²) in [5, 5.41) is 8.73. The second-order valence-electron chi connectivity index (χ2n) is 4.31. The van der Waals surface area contributed by atoms with Gasteiger partial charge in [-0.15, -0.1) is 0 Å². The normalized spacial score (nSPS) is 11.5. The van der Waals surface area contributed by atoms with Crippen LogP contribution in [-0.4, -0.2) is 19.5 Å². The maximum Gasteiger partial charge on any atom is 0.371 e. The lowest BCUT2D eigenvalue weighted by atomic mass is 10.2. The second-order valence-corrected chi connectivity index (χ2v) is 6.96. The van der Waals surface area contributed by atoms with E-state index in [9.17, 15) is 13.2 Å². The molecule has 0 aliphatic rings. The molecule has 0 saturated heterocycles. The van der Waals surface area contributed by atoms with Crippen molar-refractivity contribution in [2.24, 2.45) is 0 Å². The second kappa shape index (κ2) is 6.00. The van der Waals surface area contributed by atoms with Gasteiger partial charge < -0.3 is 9.52 Å². The highest BCUT2D eigenvalue weighted by Gasteiger charge is 2.18. The van der Waals surface area contributed by atoms with Crippen molar-refractivity contribution in [3.63, 3.8) is 0 Å². The Morgan fingerprint density at radius 1 is 1.33 bits per heavy atom. The number of halogens is 1. The van der Waals surface area contributed by atoms with Crippen LogP contribution in [0.1, 0.15) is 21.9 Å². The number of aromatic carboxylic acids is 1. The van der Waals surface area contributed by atoms with Gasteiger partial charge in [-0.2, -0.15) is 0 Å². The fourth-order valence-corrected chi connectivity index (χ4v) is 3.47. The molecule has 21 heavy (non-hydrogen) atoms. The van der Waals surface area contributed by atoms with E-state index >= 15 is 0 Å². The van der Waals surface area contributed by atoms with Crippen LogP contribution in [0.3, 0.4) is 0 Å². The molecule has 1 aromatic carbocycles. The quantitative estimate of drug-likeness (QED) is 0.839. The van der Waals surface area contributed by atoms with Gasteiger partial charge in [0.1, 0.15) is 5.76 Å². The largest absolute Gasteiger partial charge is 0.475 e. The van der Waals surface area contributed by atoms with Crippen LogP contribution >= 0.6 is 15.9 Å². The average Bonchev–Trinajstić information content (AvgIpc) is 2.88. The van der Waals surface area contributed by atoms with Crippen molar-refractivity contribution < 1.29 is 22.7 Å². The summed E-state index contributed by atoms with van der Waals surface area (Å²) in [5.74, 6) is -1.21. The van der Waals surface area contributed by atoms with E-state index in [-0.39, 0.29) is 23.0 Å². The number of carboxylic acid groups (broad SMARTS) is 1. The summed E-state index contributed by atoms with van der Waals surface area (Å²) < 4.78 is 32.5. The molecule has 0 fully saturated rings. The number of furan rings is 1. The first kappa shape index (κ1) is 15.7. The lowest BCUT2D eigenvalue weighted by molar-refractivity contribution is 0.0660. The predicted molar refractivity (Wildman–Crippen MR) is 78.6 cm³/mol. The van der Waals surface area contributed by atoms with Gasteiger partial charge in [0, 0.05) is 4.47 Å². The molecular weight excluding hydrogens is 362 g/mol. The first-order valence-corrected chi connectivity index (χ1v) is 8.15. The fourth-order valence-electron chi connectivity index (χ4n) is 1.70. The molecule has 2 aromatic rings. The molecule has 2 N–H and O–H groups in total. The van der Waals surface area contributed by atoms with Gasteiger partial charge in [0.15, 0.2) is 0 Å². The van der Waals surface area contributed by atoms with E-state index in [2.05, 4.69) is 20.7 Å². The molecular formula is C13H12BrNO5S. The zero-order chi connectivity index (χ0) is 15.6. The van der Waals surface area contributed by atoms with E-state index in [4.69, 9.17) is 9.52 Å². The van der Waals surface area contributed by atoms with Crippen LogP contribution in [0, 0.1) is 6.92 Å². The standard InChI is InChI=1S/C13H12BrNO5S/c1-8-2-3-9(14)6-12(8)21(18,19)15-7-10-4-5-11(20-10)13(16)17/h2-6,15H,7H2,1H3,(H,16,17). The molecule has 8 heteroatoms. The van der Waals surface area contributed by atoms with E-state index < -0.39 is 16.0 Å². The summed E-state index contributed by atoms with van der Waals surface area (Å²) in [6.07, 6.45) is 0. The molecule has 0 unspecified atom stereocenters. The third-order valence-electron chi connectivity index (χ3n) is 2.75. The van der Waals surface area contributed by atoms with Gasteiger partial charge in [-0.1, -0.05) is 22.0 Å². The molecule has 0 spiro atoms. The Morgan fingerprint density at radius 3 is 2.67 bits per heavy atom. The molecule has 6 nitrogen and oxygen atoms in total. The molecule has 0 aliphatic heterocycles. The Hall–Kier alpha value is -1.64. The van der Waals surface area contributed by atoms with Crippen molar-refractivity contribution in [1.29, 1.82) is 0 Å². The van der Waals surface area contributed by atoms with Crippen LogP contribution in [0.25, 0.3) is 0 Å².